The van der Waals surface area contributed by atoms with Gasteiger partial charge in [-0.15, -0.1) is 0 Å². The van der Waals surface area contributed by atoms with Crippen molar-refractivity contribution in [2.75, 3.05) is 40.0 Å². The average Bonchev–Trinajstić information content (AvgIpc) is 2.79. The number of carbonyl (C=O) groups is 1. The molecule has 2 aliphatic rings. The van der Waals surface area contributed by atoms with Crippen LogP contribution in [0.25, 0.3) is 0 Å². The van der Waals surface area contributed by atoms with Gasteiger partial charge >= 0.3 is 0 Å². The molecule has 0 N–H and O–H groups in total. The first kappa shape index (κ1) is 19.1. The minimum absolute atomic E-state index is 0.0118. The molecule has 144 valence electrons. The second-order valence-corrected chi connectivity index (χ2v) is 8.68. The summed E-state index contributed by atoms with van der Waals surface area (Å²) in [5.41, 5.74) is -0.494. The standard InChI is InChI=1S/C18H26N2O5S/c1-3-20-17(21)7-10-19(14-18(20)8-11-25-12-9-18)26(22,23)16-6-4-5-15(13-16)24-2/h4-6,13H,3,7-12,14H2,1-2H3. The molecule has 1 aromatic rings. The highest BCUT2D eigenvalue weighted by molar-refractivity contribution is 7.89. The van der Waals surface area contributed by atoms with Crippen LogP contribution in [-0.2, 0) is 19.6 Å². The summed E-state index contributed by atoms with van der Waals surface area (Å²) in [6.07, 6.45) is 1.49. The molecular weight excluding hydrogens is 356 g/mol. The number of methoxy groups -OCH3 is 1. The van der Waals surface area contributed by atoms with E-state index in [1.165, 1.54) is 17.5 Å². The van der Waals surface area contributed by atoms with Crippen molar-refractivity contribution in [3.05, 3.63) is 24.3 Å². The maximum atomic E-state index is 13.2. The van der Waals surface area contributed by atoms with E-state index in [0.717, 1.165) is 0 Å². The zero-order chi connectivity index (χ0) is 18.8. The molecule has 26 heavy (non-hydrogen) atoms. The lowest BCUT2D eigenvalue weighted by Crippen LogP contribution is -2.58. The van der Waals surface area contributed by atoms with Crippen LogP contribution in [0.15, 0.2) is 29.2 Å². The molecule has 1 spiro atoms. The number of likely N-dealkylation sites (N-methyl/N-ethyl adjacent to an activating group) is 1. The molecule has 2 saturated heterocycles. The fraction of sp³-hybridized carbons (Fsp3) is 0.611. The van der Waals surface area contributed by atoms with Crippen LogP contribution in [-0.4, -0.2) is 69.0 Å². The van der Waals surface area contributed by atoms with Crippen molar-refractivity contribution in [1.29, 1.82) is 0 Å². The quantitative estimate of drug-likeness (QED) is 0.789. The lowest BCUT2D eigenvalue weighted by Gasteiger charge is -2.46. The molecule has 0 aromatic heterocycles. The minimum atomic E-state index is -3.71. The highest BCUT2D eigenvalue weighted by Crippen LogP contribution is 2.34. The van der Waals surface area contributed by atoms with Crippen molar-refractivity contribution in [2.45, 2.75) is 36.6 Å². The summed E-state index contributed by atoms with van der Waals surface area (Å²) < 4.78 is 38.6. The molecular formula is C18H26N2O5S. The molecule has 0 atom stereocenters. The Kier molecular flexibility index (Phi) is 5.55. The van der Waals surface area contributed by atoms with E-state index in [9.17, 15) is 13.2 Å². The van der Waals surface area contributed by atoms with Gasteiger partial charge < -0.3 is 14.4 Å². The van der Waals surface area contributed by atoms with Gasteiger partial charge in [-0.2, -0.15) is 4.31 Å². The fourth-order valence-corrected chi connectivity index (χ4v) is 5.48. The molecule has 3 rings (SSSR count). The number of ether oxygens (including phenoxy) is 2. The van der Waals surface area contributed by atoms with Gasteiger partial charge in [-0.05, 0) is 31.9 Å². The van der Waals surface area contributed by atoms with Gasteiger partial charge in [0.2, 0.25) is 15.9 Å². The van der Waals surface area contributed by atoms with Gasteiger partial charge in [-0.1, -0.05) is 6.07 Å². The number of carbonyl (C=O) groups excluding carboxylic acids is 1. The molecule has 8 heteroatoms. The van der Waals surface area contributed by atoms with Crippen LogP contribution >= 0.6 is 0 Å². The van der Waals surface area contributed by atoms with Crippen LogP contribution in [0.2, 0.25) is 0 Å². The van der Waals surface area contributed by atoms with Crippen LogP contribution in [0.4, 0.5) is 0 Å². The Balaban J connectivity index is 1.97. The number of amides is 1. The number of benzene rings is 1. The summed E-state index contributed by atoms with van der Waals surface area (Å²) in [6, 6.07) is 6.47. The van der Waals surface area contributed by atoms with Crippen molar-refractivity contribution in [3.8, 4) is 5.75 Å². The van der Waals surface area contributed by atoms with Gasteiger partial charge in [0.1, 0.15) is 5.75 Å². The first-order valence-electron chi connectivity index (χ1n) is 8.95. The molecule has 7 nitrogen and oxygen atoms in total. The monoisotopic (exact) mass is 382 g/mol. The van der Waals surface area contributed by atoms with Gasteiger partial charge in [0.15, 0.2) is 0 Å². The summed E-state index contributed by atoms with van der Waals surface area (Å²) in [6.45, 7) is 4.09. The van der Waals surface area contributed by atoms with Crippen LogP contribution in [0, 0.1) is 0 Å². The van der Waals surface area contributed by atoms with Crippen molar-refractivity contribution in [2.24, 2.45) is 0 Å². The Labute approximate surface area is 154 Å². The van der Waals surface area contributed by atoms with E-state index in [4.69, 9.17) is 9.47 Å². The third-order valence-corrected chi connectivity index (χ3v) is 7.18. The van der Waals surface area contributed by atoms with E-state index in [1.54, 1.807) is 18.2 Å². The molecule has 2 aliphatic heterocycles. The van der Waals surface area contributed by atoms with Crippen LogP contribution < -0.4 is 4.74 Å². The Hall–Kier alpha value is -1.64. The Morgan fingerprint density at radius 2 is 2.00 bits per heavy atom. The van der Waals surface area contributed by atoms with Crippen LogP contribution in [0.3, 0.4) is 0 Å². The lowest BCUT2D eigenvalue weighted by atomic mass is 9.88. The van der Waals surface area contributed by atoms with Crippen LogP contribution in [0.1, 0.15) is 26.2 Å². The Morgan fingerprint density at radius 3 is 2.65 bits per heavy atom. The molecule has 2 fully saturated rings. The molecule has 2 heterocycles. The Morgan fingerprint density at radius 1 is 1.27 bits per heavy atom. The van der Waals surface area contributed by atoms with Gasteiger partial charge in [-0.25, -0.2) is 8.42 Å². The van der Waals surface area contributed by atoms with Crippen molar-refractivity contribution < 1.29 is 22.7 Å². The summed E-state index contributed by atoms with van der Waals surface area (Å²) in [4.78, 5) is 14.7. The van der Waals surface area contributed by atoms with Gasteiger partial charge in [-0.3, -0.25) is 4.79 Å². The summed E-state index contributed by atoms with van der Waals surface area (Å²) >= 11 is 0. The molecule has 0 unspecified atom stereocenters. The highest BCUT2D eigenvalue weighted by atomic mass is 32.2. The largest absolute Gasteiger partial charge is 0.497 e. The number of rotatable bonds is 4. The van der Waals surface area contributed by atoms with Gasteiger partial charge in [0.25, 0.3) is 0 Å². The predicted octanol–water partition coefficient (Wildman–Crippen LogP) is 1.49. The van der Waals surface area contributed by atoms with E-state index in [0.29, 0.717) is 44.9 Å². The molecule has 0 saturated carbocycles. The summed E-state index contributed by atoms with van der Waals surface area (Å²) in [5.74, 6) is 0.505. The van der Waals surface area contributed by atoms with E-state index in [2.05, 4.69) is 0 Å². The van der Waals surface area contributed by atoms with E-state index < -0.39 is 15.6 Å². The number of sulfonamides is 1. The van der Waals surface area contributed by atoms with Gasteiger partial charge in [0, 0.05) is 45.3 Å². The summed E-state index contributed by atoms with van der Waals surface area (Å²) in [5, 5.41) is 0. The van der Waals surface area contributed by atoms with E-state index in [-0.39, 0.29) is 23.8 Å². The molecule has 0 aliphatic carbocycles. The second-order valence-electron chi connectivity index (χ2n) is 6.74. The Bertz CT molecular complexity index is 759. The highest BCUT2D eigenvalue weighted by Gasteiger charge is 2.46. The predicted molar refractivity (Wildman–Crippen MR) is 96.5 cm³/mol. The lowest BCUT2D eigenvalue weighted by molar-refractivity contribution is -0.139. The third-order valence-electron chi connectivity index (χ3n) is 5.34. The van der Waals surface area contributed by atoms with E-state index in [1.807, 2.05) is 11.8 Å². The molecule has 0 bridgehead atoms. The SMILES string of the molecule is CCN1C(=O)CCN(S(=O)(=O)c2cccc(OC)c2)CC12CCOCC2. The van der Waals surface area contributed by atoms with E-state index >= 15 is 0 Å². The summed E-state index contributed by atoms with van der Waals surface area (Å²) in [7, 11) is -2.21. The topological polar surface area (TPSA) is 76.2 Å². The smallest absolute Gasteiger partial charge is 0.243 e. The molecule has 0 radical (unpaired) electrons. The third kappa shape index (κ3) is 3.45. The van der Waals surface area contributed by atoms with Crippen LogP contribution in [0.5, 0.6) is 5.75 Å². The molecule has 1 aromatic carbocycles. The fourth-order valence-electron chi connectivity index (χ4n) is 3.92. The van der Waals surface area contributed by atoms with Gasteiger partial charge in [0.05, 0.1) is 17.5 Å². The number of hydrogen-bond acceptors (Lipinski definition) is 5. The number of hydrogen-bond donors (Lipinski definition) is 0. The average molecular weight is 382 g/mol. The first-order valence-corrected chi connectivity index (χ1v) is 10.4. The molecule has 1 amide bonds. The first-order chi connectivity index (χ1) is 12.4. The van der Waals surface area contributed by atoms with Crippen molar-refractivity contribution in [3.63, 3.8) is 0 Å². The van der Waals surface area contributed by atoms with Crippen molar-refractivity contribution in [1.82, 2.24) is 9.21 Å². The second kappa shape index (κ2) is 7.54. The minimum Gasteiger partial charge on any atom is -0.497 e. The normalized spacial score (nSPS) is 21.6. The maximum Gasteiger partial charge on any atom is 0.243 e. The maximum absolute atomic E-state index is 13.2. The number of nitrogens with zero attached hydrogens (tertiary/aromatic N) is 2. The zero-order valence-electron chi connectivity index (χ0n) is 15.3. The zero-order valence-corrected chi connectivity index (χ0v) is 16.1. The van der Waals surface area contributed by atoms with Crippen molar-refractivity contribution >= 4 is 15.9 Å².